The van der Waals surface area contributed by atoms with Gasteiger partial charge in [-0.15, -0.1) is 0 Å². The van der Waals surface area contributed by atoms with Crippen molar-refractivity contribution in [3.05, 3.63) is 11.8 Å². The first-order chi connectivity index (χ1) is 10.1. The normalized spacial score (nSPS) is 18.3. The summed E-state index contributed by atoms with van der Waals surface area (Å²) in [6.07, 6.45) is 9.30. The summed E-state index contributed by atoms with van der Waals surface area (Å²) in [5, 5.41) is 9.85. The maximum atomic E-state index is 12.5. The summed E-state index contributed by atoms with van der Waals surface area (Å²) in [7, 11) is -3.51. The largest absolute Gasteiger partial charge is 0.313 e. The number of hydrogen-bond donors (Lipinski definition) is 3. The van der Waals surface area contributed by atoms with Crippen LogP contribution in [0.25, 0.3) is 0 Å². The molecule has 7 heteroatoms. The Bertz CT molecular complexity index is 519. The van der Waals surface area contributed by atoms with Crippen LogP contribution >= 0.6 is 0 Å². The molecule has 1 aliphatic rings. The molecule has 0 aromatic carbocycles. The van der Waals surface area contributed by atoms with E-state index >= 15 is 0 Å². The minimum Gasteiger partial charge on any atom is -0.313 e. The molecule has 2 rings (SSSR count). The zero-order valence-corrected chi connectivity index (χ0v) is 13.5. The number of aromatic nitrogens is 2. The van der Waals surface area contributed by atoms with Gasteiger partial charge in [-0.3, -0.25) is 5.10 Å². The molecule has 1 aliphatic carbocycles. The molecule has 21 heavy (non-hydrogen) atoms. The Morgan fingerprint density at radius 1 is 1.24 bits per heavy atom. The number of nitrogens with zero attached hydrogens (tertiary/aromatic N) is 1. The van der Waals surface area contributed by atoms with Crippen LogP contribution in [0.3, 0.4) is 0 Å². The van der Waals surface area contributed by atoms with E-state index < -0.39 is 10.0 Å². The molecule has 0 aliphatic heterocycles. The monoisotopic (exact) mass is 314 g/mol. The van der Waals surface area contributed by atoms with Gasteiger partial charge in [0, 0.05) is 18.2 Å². The van der Waals surface area contributed by atoms with E-state index in [-0.39, 0.29) is 11.1 Å². The zero-order chi connectivity index (χ0) is 15.1. The van der Waals surface area contributed by atoms with Crippen LogP contribution in [0.15, 0.2) is 11.2 Å². The molecule has 0 spiro atoms. The lowest BCUT2D eigenvalue weighted by molar-refractivity contribution is 0.425. The van der Waals surface area contributed by atoms with Gasteiger partial charge in [-0.05, 0) is 19.4 Å². The third-order valence-corrected chi connectivity index (χ3v) is 5.47. The molecule has 1 saturated carbocycles. The predicted molar refractivity (Wildman–Crippen MR) is 82.4 cm³/mol. The minimum absolute atomic E-state index is 0.0468. The van der Waals surface area contributed by atoms with Crippen LogP contribution < -0.4 is 10.0 Å². The van der Waals surface area contributed by atoms with Gasteiger partial charge in [-0.25, -0.2) is 13.1 Å². The van der Waals surface area contributed by atoms with Gasteiger partial charge in [0.1, 0.15) is 0 Å². The summed E-state index contributed by atoms with van der Waals surface area (Å²) in [4.78, 5) is 0. The molecule has 1 aromatic rings. The second-order valence-electron chi connectivity index (χ2n) is 5.67. The summed E-state index contributed by atoms with van der Waals surface area (Å²) >= 11 is 0. The lowest BCUT2D eigenvalue weighted by Gasteiger charge is -2.20. The second kappa shape index (κ2) is 7.91. The molecule has 0 saturated heterocycles. The quantitative estimate of drug-likeness (QED) is 0.748. The molecule has 3 N–H and O–H groups in total. The third-order valence-electron chi connectivity index (χ3n) is 3.94. The molecule has 6 nitrogen and oxygen atoms in total. The highest BCUT2D eigenvalue weighted by molar-refractivity contribution is 7.89. The highest BCUT2D eigenvalue weighted by atomic mass is 32.2. The van der Waals surface area contributed by atoms with E-state index in [0.717, 1.165) is 32.2 Å². The number of H-pyrrole nitrogens is 1. The topological polar surface area (TPSA) is 86.9 Å². The van der Waals surface area contributed by atoms with E-state index in [1.807, 2.05) is 6.92 Å². The smallest absolute Gasteiger partial charge is 0.258 e. The van der Waals surface area contributed by atoms with Gasteiger partial charge in [0.05, 0.1) is 6.20 Å². The number of nitrogens with one attached hydrogen (secondary N) is 3. The maximum absolute atomic E-state index is 12.5. The fourth-order valence-electron chi connectivity index (χ4n) is 2.77. The molecule has 120 valence electrons. The average Bonchev–Trinajstić information content (AvgIpc) is 2.88. The van der Waals surface area contributed by atoms with Crippen LogP contribution in [-0.4, -0.2) is 31.2 Å². The molecule has 0 atom stereocenters. The third kappa shape index (κ3) is 4.79. The predicted octanol–water partition coefficient (Wildman–Crippen LogP) is 1.91. The van der Waals surface area contributed by atoms with Gasteiger partial charge < -0.3 is 5.32 Å². The number of aromatic amines is 1. The Hall–Kier alpha value is -0.920. The first-order valence-electron chi connectivity index (χ1n) is 7.89. The van der Waals surface area contributed by atoms with Gasteiger partial charge in [-0.2, -0.15) is 5.10 Å². The van der Waals surface area contributed by atoms with E-state index in [0.29, 0.717) is 12.1 Å². The fraction of sp³-hybridized carbons (Fsp3) is 0.786. The van der Waals surface area contributed by atoms with Crippen molar-refractivity contribution in [1.82, 2.24) is 20.2 Å². The van der Waals surface area contributed by atoms with Crippen LogP contribution in [0, 0.1) is 0 Å². The van der Waals surface area contributed by atoms with E-state index in [1.165, 1.54) is 19.3 Å². The first-order valence-corrected chi connectivity index (χ1v) is 9.37. The van der Waals surface area contributed by atoms with Crippen molar-refractivity contribution in [2.24, 2.45) is 0 Å². The maximum Gasteiger partial charge on any atom is 0.258 e. The van der Waals surface area contributed by atoms with Crippen molar-refractivity contribution < 1.29 is 8.42 Å². The molecule has 0 radical (unpaired) electrons. The second-order valence-corrected chi connectivity index (χ2v) is 7.32. The molecule has 0 unspecified atom stereocenters. The summed E-state index contributed by atoms with van der Waals surface area (Å²) in [5.74, 6) is 0. The molecule has 0 amide bonds. The molecule has 0 bridgehead atoms. The van der Waals surface area contributed by atoms with Crippen LogP contribution in [0.2, 0.25) is 0 Å². The number of hydrogen-bond acceptors (Lipinski definition) is 4. The van der Waals surface area contributed by atoms with E-state index in [4.69, 9.17) is 0 Å². The van der Waals surface area contributed by atoms with Gasteiger partial charge in [0.25, 0.3) is 10.0 Å². The van der Waals surface area contributed by atoms with E-state index in [2.05, 4.69) is 20.2 Å². The Morgan fingerprint density at radius 2 is 1.90 bits per heavy atom. The van der Waals surface area contributed by atoms with Crippen molar-refractivity contribution in [1.29, 1.82) is 0 Å². The highest BCUT2D eigenvalue weighted by Gasteiger charge is 2.24. The lowest BCUT2D eigenvalue weighted by atomic mass is 9.97. The molecule has 1 aromatic heterocycles. The summed E-state index contributed by atoms with van der Waals surface area (Å²) in [6.45, 7) is 3.29. The first kappa shape index (κ1) is 16.5. The van der Waals surface area contributed by atoms with Crippen molar-refractivity contribution in [3.8, 4) is 0 Å². The van der Waals surface area contributed by atoms with Gasteiger partial charge in [-0.1, -0.05) is 39.0 Å². The van der Waals surface area contributed by atoms with E-state index in [1.54, 1.807) is 6.20 Å². The molecular weight excluding hydrogens is 288 g/mol. The lowest BCUT2D eigenvalue weighted by Crippen LogP contribution is -2.36. The van der Waals surface area contributed by atoms with Crippen LogP contribution in [0.1, 0.15) is 57.4 Å². The van der Waals surface area contributed by atoms with Gasteiger partial charge >= 0.3 is 0 Å². The van der Waals surface area contributed by atoms with Gasteiger partial charge in [0.2, 0.25) is 0 Å². The van der Waals surface area contributed by atoms with E-state index in [9.17, 15) is 8.42 Å². The standard InChI is InChI=1S/C14H26N4O2S/c1-2-15-10-12-11-16-17-14(12)21(19,20)18-13-8-6-4-3-5-7-9-13/h11,13,15,18H,2-10H2,1H3,(H,16,17). The highest BCUT2D eigenvalue weighted by Crippen LogP contribution is 2.20. The Morgan fingerprint density at radius 3 is 2.57 bits per heavy atom. The van der Waals surface area contributed by atoms with Crippen LogP contribution in [0.4, 0.5) is 0 Å². The Balaban J connectivity index is 2.04. The van der Waals surface area contributed by atoms with Crippen LogP contribution in [-0.2, 0) is 16.6 Å². The average molecular weight is 314 g/mol. The molecule has 1 heterocycles. The fourth-order valence-corrected chi connectivity index (χ4v) is 4.21. The van der Waals surface area contributed by atoms with Crippen molar-refractivity contribution in [2.75, 3.05) is 6.54 Å². The van der Waals surface area contributed by atoms with Crippen molar-refractivity contribution >= 4 is 10.0 Å². The van der Waals surface area contributed by atoms with Crippen molar-refractivity contribution in [3.63, 3.8) is 0 Å². The zero-order valence-electron chi connectivity index (χ0n) is 12.7. The summed E-state index contributed by atoms with van der Waals surface area (Å²) in [5.41, 5.74) is 0.690. The van der Waals surface area contributed by atoms with Crippen LogP contribution in [0.5, 0.6) is 0 Å². The number of rotatable bonds is 6. The Kier molecular flexibility index (Phi) is 6.20. The molecule has 1 fully saturated rings. The minimum atomic E-state index is -3.51. The SMILES string of the molecule is CCNCc1cn[nH]c1S(=O)(=O)NC1CCCCCCC1. The summed E-state index contributed by atoms with van der Waals surface area (Å²) in [6, 6.07) is 0.0468. The van der Waals surface area contributed by atoms with Gasteiger partial charge in [0.15, 0.2) is 5.03 Å². The Labute approximate surface area is 127 Å². The summed E-state index contributed by atoms with van der Waals surface area (Å²) < 4.78 is 27.9. The number of sulfonamides is 1. The molecular formula is C14H26N4O2S. The van der Waals surface area contributed by atoms with Crippen molar-refractivity contribution in [2.45, 2.75) is 69.5 Å².